The summed E-state index contributed by atoms with van der Waals surface area (Å²) < 4.78 is 4.00. The lowest BCUT2D eigenvalue weighted by atomic mass is 10.2. The summed E-state index contributed by atoms with van der Waals surface area (Å²) >= 11 is 12.3. The number of halogens is 3. The number of imidazole rings is 2. The second kappa shape index (κ2) is 6.83. The number of carbonyl (C=O) groups is 1. The summed E-state index contributed by atoms with van der Waals surface area (Å²) in [5.41, 5.74) is 3.59. The van der Waals surface area contributed by atoms with Gasteiger partial charge in [0, 0.05) is 18.9 Å². The van der Waals surface area contributed by atoms with E-state index in [0.717, 1.165) is 17.0 Å². The Morgan fingerprint density at radius 2 is 1.77 bits per heavy atom. The molecular formula is C18H15Cl3N4O. The Kier molecular flexibility index (Phi) is 4.88. The van der Waals surface area contributed by atoms with E-state index in [4.69, 9.17) is 23.2 Å². The lowest BCUT2D eigenvalue weighted by Crippen LogP contribution is -2.13. The van der Waals surface area contributed by atoms with Crippen LogP contribution in [0, 0.1) is 6.92 Å². The Morgan fingerprint density at radius 3 is 2.46 bits per heavy atom. The second-order valence-electron chi connectivity index (χ2n) is 5.84. The van der Waals surface area contributed by atoms with E-state index < -0.39 is 0 Å². The second-order valence-corrected chi connectivity index (χ2v) is 6.65. The molecule has 0 aliphatic carbocycles. The quantitative estimate of drug-likeness (QED) is 0.500. The van der Waals surface area contributed by atoms with Crippen LogP contribution in [0.3, 0.4) is 0 Å². The standard InChI is InChI=1S/C18H14Cl2N4O.ClH/c1-10-9-24-14-8-4-7-13(16(14)22-18(24)23(10)2)21-17(25)15-11(19)5-3-6-12(15)20;/h3-9H,1-2H3,(H,21,25);1H. The predicted molar refractivity (Wildman–Crippen MR) is 108 cm³/mol. The van der Waals surface area contributed by atoms with Crippen molar-refractivity contribution in [2.45, 2.75) is 6.92 Å². The van der Waals surface area contributed by atoms with Gasteiger partial charge in [0.05, 0.1) is 26.8 Å². The number of hydrogen-bond acceptors (Lipinski definition) is 2. The highest BCUT2D eigenvalue weighted by Crippen LogP contribution is 2.28. The minimum Gasteiger partial charge on any atom is -0.320 e. The van der Waals surface area contributed by atoms with Crippen molar-refractivity contribution in [1.82, 2.24) is 14.0 Å². The molecule has 4 rings (SSSR count). The molecule has 5 nitrogen and oxygen atoms in total. The molecule has 1 amide bonds. The topological polar surface area (TPSA) is 51.3 Å². The molecule has 8 heteroatoms. The molecule has 0 atom stereocenters. The third kappa shape index (κ3) is 2.82. The van der Waals surface area contributed by atoms with Gasteiger partial charge in [-0.2, -0.15) is 0 Å². The molecule has 2 aromatic carbocycles. The Balaban J connectivity index is 0.00000196. The Labute approximate surface area is 165 Å². The number of nitrogens with zero attached hydrogens (tertiary/aromatic N) is 3. The maximum absolute atomic E-state index is 12.7. The Morgan fingerprint density at radius 1 is 1.12 bits per heavy atom. The molecule has 0 radical (unpaired) electrons. The van der Waals surface area contributed by atoms with E-state index in [1.165, 1.54) is 0 Å². The minimum absolute atomic E-state index is 0. The van der Waals surface area contributed by atoms with Crippen molar-refractivity contribution in [1.29, 1.82) is 0 Å². The number of nitrogens with one attached hydrogen (secondary N) is 1. The SMILES string of the molecule is Cc1cn2c3cccc(NC(=O)c4c(Cl)cccc4Cl)c3nc2n1C.Cl. The van der Waals surface area contributed by atoms with Gasteiger partial charge < -0.3 is 9.88 Å². The molecule has 0 saturated heterocycles. The monoisotopic (exact) mass is 408 g/mol. The summed E-state index contributed by atoms with van der Waals surface area (Å²) in [5, 5.41) is 3.49. The molecule has 0 aliphatic heterocycles. The summed E-state index contributed by atoms with van der Waals surface area (Å²) in [7, 11) is 1.96. The van der Waals surface area contributed by atoms with Crippen molar-refractivity contribution < 1.29 is 4.79 Å². The number of para-hydroxylation sites is 1. The molecule has 1 N–H and O–H groups in total. The van der Waals surface area contributed by atoms with Crippen molar-refractivity contribution in [3.05, 3.63) is 63.9 Å². The first kappa shape index (κ1) is 18.6. The van der Waals surface area contributed by atoms with Gasteiger partial charge in [0.25, 0.3) is 5.91 Å². The van der Waals surface area contributed by atoms with Gasteiger partial charge in [-0.25, -0.2) is 4.98 Å². The van der Waals surface area contributed by atoms with Crippen molar-refractivity contribution in [3.8, 4) is 0 Å². The van der Waals surface area contributed by atoms with Crippen LogP contribution in [0.2, 0.25) is 10.0 Å². The summed E-state index contributed by atoms with van der Waals surface area (Å²) in [5.74, 6) is 0.446. The van der Waals surface area contributed by atoms with Crippen LogP contribution in [-0.4, -0.2) is 19.9 Å². The minimum atomic E-state index is -0.365. The maximum Gasteiger partial charge on any atom is 0.258 e. The van der Waals surface area contributed by atoms with Gasteiger partial charge in [0.1, 0.15) is 5.52 Å². The van der Waals surface area contributed by atoms with Crippen molar-refractivity contribution in [3.63, 3.8) is 0 Å². The number of aryl methyl sites for hydroxylation is 2. The van der Waals surface area contributed by atoms with Gasteiger partial charge in [-0.1, -0.05) is 35.3 Å². The van der Waals surface area contributed by atoms with Gasteiger partial charge in [0.15, 0.2) is 0 Å². The maximum atomic E-state index is 12.7. The van der Waals surface area contributed by atoms with Crippen molar-refractivity contribution >= 4 is 64.0 Å². The van der Waals surface area contributed by atoms with Crippen molar-refractivity contribution in [2.24, 2.45) is 7.05 Å². The summed E-state index contributed by atoms with van der Waals surface area (Å²) in [6, 6.07) is 10.6. The molecule has 0 fully saturated rings. The molecular weight excluding hydrogens is 395 g/mol. The van der Waals surface area contributed by atoms with Crippen LogP contribution in [0.25, 0.3) is 16.8 Å². The number of amides is 1. The van der Waals surface area contributed by atoms with Crippen LogP contribution in [0.1, 0.15) is 16.1 Å². The first-order valence-corrected chi connectivity index (χ1v) is 8.41. The van der Waals surface area contributed by atoms with E-state index in [1.54, 1.807) is 18.2 Å². The van der Waals surface area contributed by atoms with E-state index in [-0.39, 0.29) is 23.9 Å². The molecule has 0 bridgehead atoms. The Bertz CT molecular complexity index is 1130. The van der Waals surface area contributed by atoms with E-state index >= 15 is 0 Å². The summed E-state index contributed by atoms with van der Waals surface area (Å²) in [4.78, 5) is 17.3. The third-order valence-corrected chi connectivity index (χ3v) is 4.91. The third-order valence-electron chi connectivity index (χ3n) is 4.28. The fraction of sp³-hybridized carbons (Fsp3) is 0.111. The van der Waals surface area contributed by atoms with Crippen LogP contribution < -0.4 is 5.32 Å². The van der Waals surface area contributed by atoms with Crippen LogP contribution >= 0.6 is 35.6 Å². The highest BCUT2D eigenvalue weighted by atomic mass is 35.5. The summed E-state index contributed by atoms with van der Waals surface area (Å²) in [6.07, 6.45) is 2.02. The van der Waals surface area contributed by atoms with E-state index in [9.17, 15) is 4.79 Å². The number of aromatic nitrogens is 3. The van der Waals surface area contributed by atoms with Crippen LogP contribution in [-0.2, 0) is 7.05 Å². The lowest BCUT2D eigenvalue weighted by Gasteiger charge is -2.09. The molecule has 0 spiro atoms. The number of benzene rings is 2. The number of rotatable bonds is 2. The van der Waals surface area contributed by atoms with Gasteiger partial charge in [-0.15, -0.1) is 12.4 Å². The fourth-order valence-electron chi connectivity index (χ4n) is 2.90. The first-order valence-electron chi connectivity index (χ1n) is 7.66. The van der Waals surface area contributed by atoms with Crippen LogP contribution in [0.15, 0.2) is 42.6 Å². The smallest absolute Gasteiger partial charge is 0.258 e. The van der Waals surface area contributed by atoms with E-state index in [1.807, 2.05) is 47.3 Å². The summed E-state index contributed by atoms with van der Waals surface area (Å²) in [6.45, 7) is 2.02. The average Bonchev–Trinajstić information content (AvgIpc) is 3.06. The zero-order valence-electron chi connectivity index (χ0n) is 14.0. The zero-order valence-corrected chi connectivity index (χ0v) is 16.3. The molecule has 0 saturated carbocycles. The van der Waals surface area contributed by atoms with Gasteiger partial charge in [0.2, 0.25) is 5.78 Å². The fourth-order valence-corrected chi connectivity index (χ4v) is 3.47. The lowest BCUT2D eigenvalue weighted by molar-refractivity contribution is 0.102. The highest BCUT2D eigenvalue weighted by Gasteiger charge is 2.18. The Hall–Kier alpha value is -2.21. The zero-order chi connectivity index (χ0) is 17.7. The molecule has 2 aromatic heterocycles. The largest absolute Gasteiger partial charge is 0.320 e. The van der Waals surface area contributed by atoms with Crippen molar-refractivity contribution in [2.75, 3.05) is 5.32 Å². The highest BCUT2D eigenvalue weighted by molar-refractivity contribution is 6.40. The normalized spacial score (nSPS) is 10.9. The molecule has 0 unspecified atom stereocenters. The van der Waals surface area contributed by atoms with Gasteiger partial charge in [-0.05, 0) is 31.2 Å². The first-order chi connectivity index (χ1) is 12.0. The molecule has 4 aromatic rings. The van der Waals surface area contributed by atoms with Gasteiger partial charge in [-0.3, -0.25) is 9.20 Å². The molecule has 2 heterocycles. The number of fused-ring (bicyclic) bond motifs is 3. The van der Waals surface area contributed by atoms with Crippen LogP contribution in [0.5, 0.6) is 0 Å². The average molecular weight is 410 g/mol. The van der Waals surface area contributed by atoms with Crippen LogP contribution in [0.4, 0.5) is 5.69 Å². The molecule has 26 heavy (non-hydrogen) atoms. The van der Waals surface area contributed by atoms with Gasteiger partial charge >= 0.3 is 0 Å². The molecule has 0 aliphatic rings. The number of anilines is 1. The number of carbonyl (C=O) groups excluding carboxylic acids is 1. The number of hydrogen-bond donors (Lipinski definition) is 1. The van der Waals surface area contributed by atoms with E-state index in [0.29, 0.717) is 21.2 Å². The molecule has 134 valence electrons. The van der Waals surface area contributed by atoms with E-state index in [2.05, 4.69) is 10.3 Å². The predicted octanol–water partition coefficient (Wildman–Crippen LogP) is 5.12.